The minimum absolute atomic E-state index is 0.0343. The Morgan fingerprint density at radius 1 is 1.31 bits per heavy atom. The summed E-state index contributed by atoms with van der Waals surface area (Å²) in [5.74, 6) is 0.359. The van der Waals surface area contributed by atoms with Crippen LogP contribution < -0.4 is 20.1 Å². The second-order valence-electron chi connectivity index (χ2n) is 5.12. The van der Waals surface area contributed by atoms with Gasteiger partial charge in [-0.1, -0.05) is 17.7 Å². The molecule has 26 heavy (non-hydrogen) atoms. The number of ether oxygens (including phenoxy) is 1. The van der Waals surface area contributed by atoms with Gasteiger partial charge >= 0.3 is 10.1 Å². The lowest BCUT2D eigenvalue weighted by atomic mass is 10.2. The molecular weight excluding hydrogens is 489 g/mol. The van der Waals surface area contributed by atoms with Crippen molar-refractivity contribution in [3.63, 3.8) is 0 Å². The molecule has 0 spiro atoms. The summed E-state index contributed by atoms with van der Waals surface area (Å²) in [6.45, 7) is 1.87. The Bertz CT molecular complexity index is 945. The van der Waals surface area contributed by atoms with Crippen molar-refractivity contribution in [2.24, 2.45) is 10.8 Å². The summed E-state index contributed by atoms with van der Waals surface area (Å²) < 4.78 is 36.2. The van der Waals surface area contributed by atoms with Crippen LogP contribution in [0.3, 0.4) is 0 Å². The summed E-state index contributed by atoms with van der Waals surface area (Å²) in [4.78, 5) is 0.0623. The molecule has 0 heterocycles. The highest BCUT2D eigenvalue weighted by molar-refractivity contribution is 14.1. The van der Waals surface area contributed by atoms with E-state index >= 15 is 0 Å². The number of aryl methyl sites for hydroxylation is 1. The van der Waals surface area contributed by atoms with Crippen LogP contribution in [0, 0.1) is 10.5 Å². The van der Waals surface area contributed by atoms with Crippen molar-refractivity contribution >= 4 is 56.3 Å². The summed E-state index contributed by atoms with van der Waals surface area (Å²) in [5, 5.41) is 3.89. The number of halogens is 1. The highest BCUT2D eigenvalue weighted by Crippen LogP contribution is 2.35. The average molecular weight is 505 g/mol. The van der Waals surface area contributed by atoms with Gasteiger partial charge in [-0.2, -0.15) is 13.5 Å². The third kappa shape index (κ3) is 5.29. The van der Waals surface area contributed by atoms with Crippen LogP contribution in [0.25, 0.3) is 0 Å². The lowest BCUT2D eigenvalue weighted by Gasteiger charge is -2.13. The number of methoxy groups -OCH3 is 1. The van der Waals surface area contributed by atoms with Crippen LogP contribution in [0.1, 0.15) is 11.1 Å². The number of hydrogen-bond acceptors (Lipinski definition) is 6. The summed E-state index contributed by atoms with van der Waals surface area (Å²) in [5.41, 5.74) is 9.33. The van der Waals surface area contributed by atoms with Crippen molar-refractivity contribution in [2.75, 3.05) is 7.11 Å². The zero-order valence-corrected chi connectivity index (χ0v) is 17.7. The predicted octanol–water partition coefficient (Wildman–Crippen LogP) is 2.54. The Kier molecular flexibility index (Phi) is 6.78. The molecule has 3 N–H and O–H groups in total. The van der Waals surface area contributed by atoms with Gasteiger partial charge < -0.3 is 14.7 Å². The van der Waals surface area contributed by atoms with E-state index in [0.717, 1.165) is 5.56 Å². The lowest BCUT2D eigenvalue weighted by molar-refractivity contribution is 0.389. The van der Waals surface area contributed by atoms with Gasteiger partial charge in [-0.3, -0.25) is 5.43 Å². The minimum atomic E-state index is -3.99. The second kappa shape index (κ2) is 8.64. The quantitative estimate of drug-likeness (QED) is 0.205. The van der Waals surface area contributed by atoms with Gasteiger partial charge in [0.1, 0.15) is 4.90 Å². The van der Waals surface area contributed by atoms with E-state index in [2.05, 4.69) is 22.7 Å². The molecule has 0 aromatic heterocycles. The summed E-state index contributed by atoms with van der Waals surface area (Å²) in [6, 6.07) is 9.67. The maximum absolute atomic E-state index is 12.5. The third-order valence-corrected chi connectivity index (χ3v) is 5.27. The molecule has 0 saturated carbocycles. The van der Waals surface area contributed by atoms with Gasteiger partial charge in [0.15, 0.2) is 16.6 Å². The van der Waals surface area contributed by atoms with Crippen LogP contribution in [0.4, 0.5) is 0 Å². The highest BCUT2D eigenvalue weighted by atomic mass is 127. The van der Waals surface area contributed by atoms with E-state index in [-0.39, 0.29) is 21.5 Å². The largest absolute Gasteiger partial charge is 0.493 e. The van der Waals surface area contributed by atoms with E-state index in [1.165, 1.54) is 25.5 Å². The molecule has 0 aliphatic heterocycles. The summed E-state index contributed by atoms with van der Waals surface area (Å²) in [6.07, 6.45) is 1.47. The van der Waals surface area contributed by atoms with Gasteiger partial charge in [-0.25, -0.2) is 0 Å². The van der Waals surface area contributed by atoms with Crippen LogP contribution in [0.2, 0.25) is 0 Å². The first-order chi connectivity index (χ1) is 12.2. The van der Waals surface area contributed by atoms with Crippen molar-refractivity contribution in [2.45, 2.75) is 11.8 Å². The normalized spacial score (nSPS) is 11.3. The smallest absolute Gasteiger partial charge is 0.339 e. The third-order valence-electron chi connectivity index (χ3n) is 3.14. The summed E-state index contributed by atoms with van der Waals surface area (Å²) in [7, 11) is -2.57. The first-order valence-electron chi connectivity index (χ1n) is 7.20. The zero-order valence-electron chi connectivity index (χ0n) is 13.9. The molecule has 0 fully saturated rings. The van der Waals surface area contributed by atoms with Crippen molar-refractivity contribution in [1.29, 1.82) is 0 Å². The van der Waals surface area contributed by atoms with E-state index in [9.17, 15) is 8.42 Å². The number of nitrogens with one attached hydrogen (secondary N) is 1. The molecule has 0 radical (unpaired) electrons. The second-order valence-corrected chi connectivity index (χ2v) is 8.27. The Balaban J connectivity index is 2.35. The SMILES string of the molecule is COc1cc(/C=N\NC(N)=S)cc(I)c1OS(=O)(=O)c1ccc(C)cc1. The lowest BCUT2D eigenvalue weighted by Crippen LogP contribution is -2.24. The fraction of sp³-hybridized carbons (Fsp3) is 0.125. The van der Waals surface area contributed by atoms with Gasteiger partial charge in [0, 0.05) is 0 Å². The van der Waals surface area contributed by atoms with Crippen LogP contribution in [-0.4, -0.2) is 26.9 Å². The Labute approximate surface area is 170 Å². The molecular formula is C16H16IN3O4S2. The number of nitrogens with two attached hydrogens (primary N) is 1. The molecule has 0 unspecified atom stereocenters. The fourth-order valence-electron chi connectivity index (χ4n) is 1.93. The molecule has 0 aliphatic carbocycles. The van der Waals surface area contributed by atoms with E-state index in [1.54, 1.807) is 24.3 Å². The topological polar surface area (TPSA) is 103 Å². The standard InChI is InChI=1S/C16H16IN3O4S2/c1-10-3-5-12(6-4-10)26(21,22)24-15-13(17)7-11(8-14(15)23-2)9-19-20-16(18)25/h3-9H,1-2H3,(H3,18,20,25)/b19-9-. The maximum Gasteiger partial charge on any atom is 0.339 e. The number of nitrogens with zero attached hydrogens (tertiary/aromatic N) is 1. The van der Waals surface area contributed by atoms with Gasteiger partial charge in [-0.15, -0.1) is 0 Å². The molecule has 2 rings (SSSR count). The highest BCUT2D eigenvalue weighted by Gasteiger charge is 2.21. The molecule has 0 saturated heterocycles. The Morgan fingerprint density at radius 2 is 1.96 bits per heavy atom. The van der Waals surface area contributed by atoms with E-state index in [1.807, 2.05) is 29.5 Å². The van der Waals surface area contributed by atoms with E-state index in [4.69, 9.17) is 14.7 Å². The van der Waals surface area contributed by atoms with Gasteiger partial charge in [0.05, 0.1) is 16.9 Å². The molecule has 2 aromatic carbocycles. The van der Waals surface area contributed by atoms with Crippen molar-refractivity contribution in [3.8, 4) is 11.5 Å². The van der Waals surface area contributed by atoms with Crippen LogP contribution in [0.15, 0.2) is 46.4 Å². The first kappa shape index (κ1) is 20.4. The number of rotatable bonds is 6. The Morgan fingerprint density at radius 3 is 2.54 bits per heavy atom. The molecule has 10 heteroatoms. The van der Waals surface area contributed by atoms with Crippen molar-refractivity contribution in [1.82, 2.24) is 5.43 Å². The number of hydrazone groups is 1. The van der Waals surface area contributed by atoms with Crippen molar-refractivity contribution < 1.29 is 17.3 Å². The van der Waals surface area contributed by atoms with Crippen LogP contribution in [-0.2, 0) is 10.1 Å². The molecule has 0 bridgehead atoms. The average Bonchev–Trinajstić information content (AvgIpc) is 2.57. The molecule has 2 aromatic rings. The maximum atomic E-state index is 12.5. The van der Waals surface area contributed by atoms with Gasteiger partial charge in [-0.05, 0) is 71.6 Å². The van der Waals surface area contributed by atoms with Crippen molar-refractivity contribution in [3.05, 3.63) is 51.1 Å². The number of benzene rings is 2. The molecule has 0 atom stereocenters. The molecule has 138 valence electrons. The Hall–Kier alpha value is -1.92. The number of thiocarbonyl (C=S) groups is 1. The van der Waals surface area contributed by atoms with E-state index in [0.29, 0.717) is 9.13 Å². The molecule has 7 nitrogen and oxygen atoms in total. The predicted molar refractivity (Wildman–Crippen MR) is 112 cm³/mol. The number of hydrogen-bond donors (Lipinski definition) is 2. The van der Waals surface area contributed by atoms with Crippen LogP contribution >= 0.6 is 34.8 Å². The van der Waals surface area contributed by atoms with Gasteiger partial charge in [0.2, 0.25) is 0 Å². The molecule has 0 aliphatic rings. The first-order valence-corrected chi connectivity index (χ1v) is 10.1. The fourth-order valence-corrected chi connectivity index (χ4v) is 3.82. The molecule has 0 amide bonds. The minimum Gasteiger partial charge on any atom is -0.493 e. The van der Waals surface area contributed by atoms with Crippen LogP contribution in [0.5, 0.6) is 11.5 Å². The van der Waals surface area contributed by atoms with Gasteiger partial charge in [0.25, 0.3) is 0 Å². The summed E-state index contributed by atoms with van der Waals surface area (Å²) >= 11 is 6.62. The van der Waals surface area contributed by atoms with E-state index < -0.39 is 10.1 Å². The zero-order chi connectivity index (χ0) is 19.3. The monoisotopic (exact) mass is 505 g/mol.